The molecule has 2 saturated carbocycles. The van der Waals surface area contributed by atoms with E-state index in [9.17, 15) is 23.6 Å². The quantitative estimate of drug-likeness (QED) is 0.680. The van der Waals surface area contributed by atoms with Crippen molar-refractivity contribution in [3.05, 3.63) is 50.2 Å². The predicted molar refractivity (Wildman–Crippen MR) is 109 cm³/mol. The molecule has 3 fully saturated rings. The number of nitrogens with zero attached hydrogens (tertiary/aromatic N) is 1. The van der Waals surface area contributed by atoms with E-state index in [2.05, 4.69) is 4.98 Å². The SMILES string of the molecule is O=C(O)CN1C(=O)[C@@H]2[C@H]3C[C@@H]([C@@H]4Sc5[nH]c(=O)sc5[C@H](c5ccc(F)cc5)[C@@H]34)[C@H]2C1=O. The Labute approximate surface area is 183 Å². The molecule has 1 saturated heterocycles. The zero-order valence-corrected chi connectivity index (χ0v) is 17.6. The molecule has 10 heteroatoms. The number of carboxylic acids is 1. The molecule has 2 bridgehead atoms. The molecule has 6 rings (SSSR count). The van der Waals surface area contributed by atoms with Crippen LogP contribution >= 0.6 is 23.1 Å². The fourth-order valence-corrected chi connectivity index (χ4v) is 9.30. The van der Waals surface area contributed by atoms with Crippen molar-refractivity contribution in [2.24, 2.45) is 29.6 Å². The summed E-state index contributed by atoms with van der Waals surface area (Å²) in [7, 11) is 0. The molecule has 1 aromatic carbocycles. The van der Waals surface area contributed by atoms with Gasteiger partial charge in [0.2, 0.25) is 11.8 Å². The fraction of sp³-hybridized carbons (Fsp3) is 0.429. The zero-order chi connectivity index (χ0) is 21.6. The molecular formula is C21H17FN2O5S2. The van der Waals surface area contributed by atoms with Crippen LogP contribution in [0.4, 0.5) is 4.39 Å². The molecule has 7 atom stereocenters. The van der Waals surface area contributed by atoms with Crippen molar-refractivity contribution >= 4 is 40.9 Å². The van der Waals surface area contributed by atoms with Gasteiger partial charge in [-0.2, -0.15) is 0 Å². The van der Waals surface area contributed by atoms with Gasteiger partial charge in [-0.15, -0.1) is 11.8 Å². The number of rotatable bonds is 3. The van der Waals surface area contributed by atoms with Gasteiger partial charge in [0.15, 0.2) is 0 Å². The summed E-state index contributed by atoms with van der Waals surface area (Å²) < 4.78 is 13.6. The molecule has 160 valence electrons. The lowest BCUT2D eigenvalue weighted by atomic mass is 9.68. The first-order valence-electron chi connectivity index (χ1n) is 10.1. The average molecular weight is 461 g/mol. The Bertz CT molecular complexity index is 1190. The number of aliphatic carboxylic acids is 1. The van der Waals surface area contributed by atoms with Gasteiger partial charge in [-0.25, -0.2) is 4.39 Å². The summed E-state index contributed by atoms with van der Waals surface area (Å²) in [6, 6.07) is 6.25. The zero-order valence-electron chi connectivity index (χ0n) is 16.0. The molecule has 0 spiro atoms. The van der Waals surface area contributed by atoms with Crippen molar-refractivity contribution in [2.45, 2.75) is 22.6 Å². The normalized spacial score (nSPS) is 35.3. The van der Waals surface area contributed by atoms with E-state index in [1.165, 1.54) is 12.1 Å². The molecule has 2 amide bonds. The van der Waals surface area contributed by atoms with Crippen LogP contribution in [0.25, 0.3) is 0 Å². The highest BCUT2D eigenvalue weighted by Gasteiger charge is 2.69. The standard InChI is InChI=1S/C21H17FN2O5S2/c22-8-3-1-7(2-4-8)12-13-9-5-10(16(13)30-18-17(12)31-21(29)23-18)15-14(9)19(27)24(20(15)28)6-11(25)26/h1-4,9-10,12-16H,5-6H2,(H,23,29)(H,25,26)/t9-,10+,12+,13+,14+,15+,16-/m0/s1. The highest BCUT2D eigenvalue weighted by molar-refractivity contribution is 8.00. The Hall–Kier alpha value is -2.46. The van der Waals surface area contributed by atoms with Crippen molar-refractivity contribution in [2.75, 3.05) is 6.54 Å². The third kappa shape index (κ3) is 2.57. The van der Waals surface area contributed by atoms with Crippen LogP contribution in [-0.4, -0.2) is 44.6 Å². The van der Waals surface area contributed by atoms with Crippen LogP contribution in [-0.2, 0) is 14.4 Å². The lowest BCUT2D eigenvalue weighted by Crippen LogP contribution is -2.42. The van der Waals surface area contributed by atoms with E-state index in [1.807, 2.05) is 0 Å². The van der Waals surface area contributed by atoms with Crippen molar-refractivity contribution in [1.82, 2.24) is 9.88 Å². The van der Waals surface area contributed by atoms with Crippen molar-refractivity contribution in [3.8, 4) is 0 Å². The number of benzene rings is 1. The average Bonchev–Trinajstić information content (AvgIpc) is 3.44. The highest BCUT2D eigenvalue weighted by atomic mass is 32.2. The summed E-state index contributed by atoms with van der Waals surface area (Å²) >= 11 is 2.71. The van der Waals surface area contributed by atoms with E-state index in [0.29, 0.717) is 0 Å². The Morgan fingerprint density at radius 2 is 1.81 bits per heavy atom. The van der Waals surface area contributed by atoms with E-state index in [4.69, 9.17) is 5.11 Å². The third-order valence-electron chi connectivity index (χ3n) is 7.34. The smallest absolute Gasteiger partial charge is 0.323 e. The number of nitrogens with one attached hydrogen (secondary N) is 1. The molecule has 2 aliphatic carbocycles. The first-order chi connectivity index (χ1) is 14.8. The van der Waals surface area contributed by atoms with Crippen molar-refractivity contribution < 1.29 is 23.9 Å². The van der Waals surface area contributed by atoms with Gasteiger partial charge in [0.1, 0.15) is 12.4 Å². The van der Waals surface area contributed by atoms with Gasteiger partial charge in [-0.05, 0) is 41.9 Å². The first kappa shape index (κ1) is 19.2. The second-order valence-electron chi connectivity index (χ2n) is 8.67. The number of amides is 2. The molecule has 2 aliphatic heterocycles. The minimum Gasteiger partial charge on any atom is -0.480 e. The van der Waals surface area contributed by atoms with E-state index in [-0.39, 0.29) is 51.4 Å². The number of imide groups is 1. The summed E-state index contributed by atoms with van der Waals surface area (Å²) in [4.78, 5) is 53.9. The minimum atomic E-state index is -1.20. The highest BCUT2D eigenvalue weighted by Crippen LogP contribution is 2.68. The number of carbonyl (C=O) groups is 3. The van der Waals surface area contributed by atoms with Gasteiger partial charge >= 0.3 is 10.8 Å². The van der Waals surface area contributed by atoms with Crippen LogP contribution in [0.5, 0.6) is 0 Å². The van der Waals surface area contributed by atoms with Gasteiger partial charge in [0, 0.05) is 16.0 Å². The second-order valence-corrected chi connectivity index (χ2v) is 10.9. The number of hydrogen-bond acceptors (Lipinski definition) is 6. The van der Waals surface area contributed by atoms with Crippen LogP contribution in [0.1, 0.15) is 22.8 Å². The lowest BCUT2D eigenvalue weighted by Gasteiger charge is -2.43. The summed E-state index contributed by atoms with van der Waals surface area (Å²) in [5.41, 5.74) is 0.886. The van der Waals surface area contributed by atoms with E-state index >= 15 is 0 Å². The fourth-order valence-electron chi connectivity index (χ4n) is 6.41. The van der Waals surface area contributed by atoms with Crippen molar-refractivity contribution in [3.63, 3.8) is 0 Å². The minimum absolute atomic E-state index is 0.0159. The van der Waals surface area contributed by atoms with E-state index < -0.39 is 24.3 Å². The van der Waals surface area contributed by atoms with Gasteiger partial charge in [-0.1, -0.05) is 23.5 Å². The topological polar surface area (TPSA) is 108 Å². The molecule has 31 heavy (non-hydrogen) atoms. The number of likely N-dealkylation sites (tertiary alicyclic amines) is 1. The Kier molecular flexibility index (Phi) is 4.05. The largest absolute Gasteiger partial charge is 0.480 e. The van der Waals surface area contributed by atoms with E-state index in [1.54, 1.807) is 23.9 Å². The Morgan fingerprint density at radius 1 is 1.13 bits per heavy atom. The van der Waals surface area contributed by atoms with Crippen LogP contribution < -0.4 is 4.87 Å². The Balaban J connectivity index is 1.45. The maximum atomic E-state index is 13.6. The number of aromatic amines is 1. The molecule has 3 heterocycles. The molecule has 2 N–H and O–H groups in total. The van der Waals surface area contributed by atoms with Crippen LogP contribution in [0.2, 0.25) is 0 Å². The molecule has 4 aliphatic rings. The number of halogens is 1. The number of hydrogen-bond donors (Lipinski definition) is 2. The third-order valence-corrected chi connectivity index (χ3v) is 9.93. The molecule has 0 unspecified atom stereocenters. The lowest BCUT2D eigenvalue weighted by molar-refractivity contribution is -0.149. The number of carboxylic acid groups (broad SMARTS) is 1. The molecule has 7 nitrogen and oxygen atoms in total. The number of H-pyrrole nitrogens is 1. The summed E-state index contributed by atoms with van der Waals surface area (Å²) in [6.45, 7) is -0.603. The molecule has 0 radical (unpaired) electrons. The van der Waals surface area contributed by atoms with E-state index in [0.717, 1.165) is 38.1 Å². The summed E-state index contributed by atoms with van der Waals surface area (Å²) in [5, 5.41) is 9.96. The van der Waals surface area contributed by atoms with Crippen LogP contribution in [0, 0.1) is 35.4 Å². The maximum Gasteiger partial charge on any atom is 0.323 e. The number of carbonyl (C=O) groups excluding carboxylic acids is 2. The predicted octanol–water partition coefficient (Wildman–Crippen LogP) is 2.13. The van der Waals surface area contributed by atoms with Gasteiger partial charge < -0.3 is 10.1 Å². The number of thiazole rings is 1. The number of fused-ring (bicyclic) bond motifs is 9. The van der Waals surface area contributed by atoms with Gasteiger partial charge in [0.25, 0.3) is 0 Å². The van der Waals surface area contributed by atoms with Gasteiger partial charge in [-0.3, -0.25) is 24.1 Å². The Morgan fingerprint density at radius 3 is 2.48 bits per heavy atom. The van der Waals surface area contributed by atoms with Crippen LogP contribution in [0.3, 0.4) is 0 Å². The molecular weight excluding hydrogens is 443 g/mol. The molecule has 2 aromatic rings. The maximum absolute atomic E-state index is 13.6. The van der Waals surface area contributed by atoms with Crippen molar-refractivity contribution in [1.29, 1.82) is 0 Å². The molecule has 1 aromatic heterocycles. The second kappa shape index (κ2) is 6.52. The number of aromatic nitrogens is 1. The number of thioether (sulfide) groups is 1. The summed E-state index contributed by atoms with van der Waals surface area (Å²) in [6.07, 6.45) is 0.729. The summed E-state index contributed by atoms with van der Waals surface area (Å²) in [5.74, 6) is -3.62. The van der Waals surface area contributed by atoms with Gasteiger partial charge in [0.05, 0.1) is 16.9 Å². The van der Waals surface area contributed by atoms with Crippen LogP contribution in [0.15, 0.2) is 34.1 Å². The monoisotopic (exact) mass is 460 g/mol. The first-order valence-corrected chi connectivity index (χ1v) is 11.8.